The molecular weight excluding hydrogens is 208 g/mol. The Labute approximate surface area is 94.1 Å². The minimum absolute atomic E-state index is 0.149. The number of amides is 1. The minimum atomic E-state index is -0.918. The van der Waals surface area contributed by atoms with Gasteiger partial charge in [-0.2, -0.15) is 0 Å². The summed E-state index contributed by atoms with van der Waals surface area (Å²) in [7, 11) is 0. The third-order valence-corrected chi connectivity index (χ3v) is 3.28. The van der Waals surface area contributed by atoms with Crippen LogP contribution in [0.3, 0.4) is 0 Å². The molecule has 5 nitrogen and oxygen atoms in total. The maximum Gasteiger partial charge on any atom is 0.329 e. The van der Waals surface area contributed by atoms with Gasteiger partial charge in [-0.15, -0.1) is 0 Å². The number of nitrogens with one attached hydrogen (secondary N) is 1. The van der Waals surface area contributed by atoms with E-state index in [1.165, 1.54) is 6.08 Å². The highest BCUT2D eigenvalue weighted by atomic mass is 16.4. The molecule has 2 aliphatic rings. The van der Waals surface area contributed by atoms with E-state index in [0.29, 0.717) is 12.3 Å². The molecule has 0 aliphatic carbocycles. The van der Waals surface area contributed by atoms with Crippen molar-refractivity contribution in [1.29, 1.82) is 0 Å². The third kappa shape index (κ3) is 2.53. The summed E-state index contributed by atoms with van der Waals surface area (Å²) < 4.78 is 0. The average Bonchev–Trinajstić information content (AvgIpc) is 2.26. The minimum Gasteiger partial charge on any atom is -0.478 e. The smallest absolute Gasteiger partial charge is 0.329 e. The van der Waals surface area contributed by atoms with E-state index in [0.717, 1.165) is 25.9 Å². The summed E-state index contributed by atoms with van der Waals surface area (Å²) in [4.78, 5) is 23.6. The molecule has 2 unspecified atom stereocenters. The molecule has 2 heterocycles. The normalized spacial score (nSPS) is 30.0. The van der Waals surface area contributed by atoms with E-state index in [1.54, 1.807) is 6.20 Å². The fraction of sp³-hybridized carbons (Fsp3) is 0.636. The topological polar surface area (TPSA) is 69.6 Å². The van der Waals surface area contributed by atoms with E-state index in [9.17, 15) is 9.59 Å². The zero-order valence-electron chi connectivity index (χ0n) is 9.06. The second-order valence-electron chi connectivity index (χ2n) is 4.41. The van der Waals surface area contributed by atoms with Crippen LogP contribution < -0.4 is 5.32 Å². The van der Waals surface area contributed by atoms with Crippen LogP contribution in [0.4, 0.5) is 0 Å². The highest BCUT2D eigenvalue weighted by molar-refractivity contribution is 5.79. The van der Waals surface area contributed by atoms with Crippen molar-refractivity contribution in [3.8, 4) is 0 Å². The summed E-state index contributed by atoms with van der Waals surface area (Å²) in [6.45, 7) is 1.65. The van der Waals surface area contributed by atoms with Gasteiger partial charge in [0.1, 0.15) is 0 Å². The van der Waals surface area contributed by atoms with Crippen LogP contribution in [0.5, 0.6) is 0 Å². The van der Waals surface area contributed by atoms with Crippen molar-refractivity contribution in [2.75, 3.05) is 13.1 Å². The Balaban J connectivity index is 1.90. The summed E-state index contributed by atoms with van der Waals surface area (Å²) >= 11 is 0. The Kier molecular flexibility index (Phi) is 3.12. The van der Waals surface area contributed by atoms with Crippen LogP contribution in [0.2, 0.25) is 0 Å². The van der Waals surface area contributed by atoms with Gasteiger partial charge >= 0.3 is 5.97 Å². The molecule has 5 heteroatoms. The Bertz CT molecular complexity index is 327. The van der Waals surface area contributed by atoms with E-state index in [-0.39, 0.29) is 11.9 Å². The number of likely N-dealkylation sites (tertiary alicyclic amines) is 1. The van der Waals surface area contributed by atoms with Crippen molar-refractivity contribution in [1.82, 2.24) is 10.2 Å². The number of piperidine rings is 2. The lowest BCUT2D eigenvalue weighted by Crippen LogP contribution is -2.52. The number of carboxylic acid groups (broad SMARTS) is 1. The first-order valence-corrected chi connectivity index (χ1v) is 5.59. The lowest BCUT2D eigenvalue weighted by Gasteiger charge is -2.41. The summed E-state index contributed by atoms with van der Waals surface area (Å²) in [5, 5.41) is 11.5. The summed E-state index contributed by atoms with van der Waals surface area (Å²) in [5.41, 5.74) is 0. The SMILES string of the molecule is O=C(O)/C=C/N1CCC2NC(=O)CCC2C1. The maximum atomic E-state index is 11.2. The molecule has 0 aromatic heterocycles. The van der Waals surface area contributed by atoms with Gasteiger partial charge in [0, 0.05) is 37.8 Å². The number of carboxylic acids is 1. The van der Waals surface area contributed by atoms with Gasteiger partial charge in [0.15, 0.2) is 0 Å². The molecule has 1 amide bonds. The highest BCUT2D eigenvalue weighted by Gasteiger charge is 2.32. The van der Waals surface area contributed by atoms with E-state index >= 15 is 0 Å². The second kappa shape index (κ2) is 4.55. The largest absolute Gasteiger partial charge is 0.478 e. The number of carbonyl (C=O) groups excluding carboxylic acids is 1. The molecule has 0 spiro atoms. The molecule has 2 N–H and O–H groups in total. The lowest BCUT2D eigenvalue weighted by molar-refractivity contribution is -0.131. The summed E-state index contributed by atoms with van der Waals surface area (Å²) in [6, 6.07) is 0.288. The fourth-order valence-electron chi connectivity index (χ4n) is 2.44. The number of nitrogens with zero attached hydrogens (tertiary/aromatic N) is 1. The monoisotopic (exact) mass is 224 g/mol. The van der Waals surface area contributed by atoms with Crippen LogP contribution in [-0.4, -0.2) is 41.0 Å². The Morgan fingerprint density at radius 3 is 3.06 bits per heavy atom. The maximum absolute atomic E-state index is 11.2. The van der Waals surface area contributed by atoms with Crippen molar-refractivity contribution >= 4 is 11.9 Å². The average molecular weight is 224 g/mol. The first kappa shape index (κ1) is 11.0. The highest BCUT2D eigenvalue weighted by Crippen LogP contribution is 2.25. The number of rotatable bonds is 2. The molecule has 2 rings (SSSR count). The van der Waals surface area contributed by atoms with Crippen LogP contribution in [0.1, 0.15) is 19.3 Å². The third-order valence-electron chi connectivity index (χ3n) is 3.28. The van der Waals surface area contributed by atoms with E-state index in [1.807, 2.05) is 4.90 Å². The van der Waals surface area contributed by atoms with Gasteiger partial charge in [-0.3, -0.25) is 4.79 Å². The second-order valence-corrected chi connectivity index (χ2v) is 4.41. The van der Waals surface area contributed by atoms with Gasteiger partial charge in [-0.05, 0) is 18.8 Å². The van der Waals surface area contributed by atoms with E-state index in [4.69, 9.17) is 5.11 Å². The molecule has 0 aromatic rings. The zero-order valence-corrected chi connectivity index (χ0v) is 9.06. The molecule has 2 aliphatic heterocycles. The van der Waals surface area contributed by atoms with Gasteiger partial charge in [0.25, 0.3) is 0 Å². The molecule has 16 heavy (non-hydrogen) atoms. The standard InChI is InChI=1S/C11H16N2O3/c14-10-2-1-8-7-13(6-4-11(15)16)5-3-9(8)12-10/h4,6,8-9H,1-3,5,7H2,(H,12,14)(H,15,16)/b6-4+. The van der Waals surface area contributed by atoms with Crippen LogP contribution in [0.15, 0.2) is 12.3 Å². The van der Waals surface area contributed by atoms with Crippen LogP contribution >= 0.6 is 0 Å². The molecule has 0 aromatic carbocycles. The number of hydrogen-bond acceptors (Lipinski definition) is 3. The summed E-state index contributed by atoms with van der Waals surface area (Å²) in [6.07, 6.45) is 5.21. The number of hydrogen-bond donors (Lipinski definition) is 2. The number of aliphatic carboxylic acids is 1. The van der Waals surface area contributed by atoms with Crippen molar-refractivity contribution in [2.24, 2.45) is 5.92 Å². The Morgan fingerprint density at radius 1 is 1.50 bits per heavy atom. The zero-order chi connectivity index (χ0) is 11.5. The number of fused-ring (bicyclic) bond motifs is 1. The molecule has 0 bridgehead atoms. The van der Waals surface area contributed by atoms with Gasteiger partial charge in [-0.1, -0.05) is 0 Å². The molecule has 2 fully saturated rings. The van der Waals surface area contributed by atoms with Gasteiger partial charge < -0.3 is 15.3 Å². The molecule has 2 atom stereocenters. The van der Waals surface area contributed by atoms with Crippen molar-refractivity contribution in [2.45, 2.75) is 25.3 Å². The Morgan fingerprint density at radius 2 is 2.31 bits per heavy atom. The first-order valence-electron chi connectivity index (χ1n) is 5.59. The Hall–Kier alpha value is -1.52. The molecule has 88 valence electrons. The van der Waals surface area contributed by atoms with Crippen LogP contribution in [0, 0.1) is 5.92 Å². The quantitative estimate of drug-likeness (QED) is 0.657. The van der Waals surface area contributed by atoms with Crippen molar-refractivity contribution in [3.05, 3.63) is 12.3 Å². The van der Waals surface area contributed by atoms with Gasteiger partial charge in [-0.25, -0.2) is 4.79 Å². The van der Waals surface area contributed by atoms with E-state index in [2.05, 4.69) is 5.32 Å². The van der Waals surface area contributed by atoms with Crippen molar-refractivity contribution in [3.63, 3.8) is 0 Å². The molecular formula is C11H16N2O3. The number of carbonyl (C=O) groups is 2. The predicted molar refractivity (Wildman–Crippen MR) is 57.6 cm³/mol. The van der Waals surface area contributed by atoms with Gasteiger partial charge in [0.2, 0.25) is 5.91 Å². The first-order chi connectivity index (χ1) is 7.65. The predicted octanol–water partition coefficient (Wildman–Crippen LogP) is 0.185. The summed E-state index contributed by atoms with van der Waals surface area (Å²) in [5.74, 6) is -0.306. The molecule has 2 saturated heterocycles. The molecule has 0 saturated carbocycles. The lowest BCUT2D eigenvalue weighted by atomic mass is 9.85. The van der Waals surface area contributed by atoms with E-state index < -0.39 is 5.97 Å². The van der Waals surface area contributed by atoms with Gasteiger partial charge in [0.05, 0.1) is 0 Å². The van der Waals surface area contributed by atoms with Crippen LogP contribution in [-0.2, 0) is 9.59 Å². The van der Waals surface area contributed by atoms with Crippen molar-refractivity contribution < 1.29 is 14.7 Å². The van der Waals surface area contributed by atoms with Crippen LogP contribution in [0.25, 0.3) is 0 Å². The molecule has 0 radical (unpaired) electrons. The fourth-order valence-corrected chi connectivity index (χ4v) is 2.44.